The monoisotopic (exact) mass is 391 g/mol. The largest absolute Gasteiger partial charge is 0.492 e. The molecule has 27 heavy (non-hydrogen) atoms. The molecule has 2 rings (SSSR count). The fourth-order valence-corrected chi connectivity index (χ4v) is 2.80. The lowest BCUT2D eigenvalue weighted by molar-refractivity contribution is -0.152. The Labute approximate surface area is 162 Å². The highest BCUT2D eigenvalue weighted by atomic mass is 35.5. The fraction of sp³-hybridized carbons (Fsp3) is 0.316. The van der Waals surface area contributed by atoms with Crippen LogP contribution in [0.4, 0.5) is 0 Å². The normalized spacial score (nSPS) is 12.0. The smallest absolute Gasteiger partial charge is 0.314 e. The van der Waals surface area contributed by atoms with Crippen LogP contribution in [-0.2, 0) is 9.53 Å². The van der Waals surface area contributed by atoms with Gasteiger partial charge in [-0.2, -0.15) is 0 Å². The molecule has 0 saturated heterocycles. The van der Waals surface area contributed by atoms with Crippen molar-refractivity contribution in [3.8, 4) is 17.0 Å². The third-order valence-corrected chi connectivity index (χ3v) is 4.30. The zero-order valence-electron chi connectivity index (χ0n) is 15.6. The second-order valence-electron chi connectivity index (χ2n) is 6.66. The van der Waals surface area contributed by atoms with Gasteiger partial charge in [-0.1, -0.05) is 16.8 Å². The van der Waals surface area contributed by atoms with Crippen LogP contribution in [-0.4, -0.2) is 35.7 Å². The van der Waals surface area contributed by atoms with E-state index >= 15 is 0 Å². The Hall–Kier alpha value is -2.80. The number of methoxy groups -OCH3 is 1. The zero-order chi connectivity index (χ0) is 20.2. The minimum atomic E-state index is -0.746. The summed E-state index contributed by atoms with van der Waals surface area (Å²) >= 11 is 6.18. The lowest BCUT2D eigenvalue weighted by Gasteiger charge is -2.21. The molecule has 0 radical (unpaired) electrons. The Balaban J connectivity index is 2.19. The van der Waals surface area contributed by atoms with Gasteiger partial charge in [0.25, 0.3) is 0 Å². The highest BCUT2D eigenvalue weighted by Crippen LogP contribution is 2.27. The minimum Gasteiger partial charge on any atom is -0.492 e. The molecule has 0 aliphatic carbocycles. The van der Waals surface area contributed by atoms with Crippen LogP contribution in [0.25, 0.3) is 11.3 Å². The maximum atomic E-state index is 11.7. The number of amidine groups is 1. The standard InChI is InChI=1S/C19H22ClN3O4/c1-11-9-14(22-16(20)15(11)17(21)23-25)12-5-7-13(8-6-12)27-10-19(2,3)18(24)26-4/h5-9,25H,10H2,1-4H3,(H2,21,23). The van der Waals surface area contributed by atoms with Crippen molar-refractivity contribution in [2.24, 2.45) is 16.3 Å². The number of nitrogens with two attached hydrogens (primary N) is 1. The number of aryl methyl sites for hydroxylation is 1. The SMILES string of the molecule is COC(=O)C(C)(C)COc1ccc(-c2cc(C)c(C(N)=NO)c(Cl)n2)cc1. The van der Waals surface area contributed by atoms with Gasteiger partial charge in [-0.25, -0.2) is 4.98 Å². The Morgan fingerprint density at radius 1 is 1.33 bits per heavy atom. The molecular formula is C19H22ClN3O4. The van der Waals surface area contributed by atoms with Crippen molar-refractivity contribution in [1.29, 1.82) is 0 Å². The third kappa shape index (κ3) is 4.68. The van der Waals surface area contributed by atoms with Gasteiger partial charge in [0.05, 0.1) is 23.8 Å². The van der Waals surface area contributed by atoms with Gasteiger partial charge in [0.1, 0.15) is 17.5 Å². The van der Waals surface area contributed by atoms with Crippen LogP contribution in [0.3, 0.4) is 0 Å². The number of nitrogens with zero attached hydrogens (tertiary/aromatic N) is 2. The summed E-state index contributed by atoms with van der Waals surface area (Å²) in [6.07, 6.45) is 0. The lowest BCUT2D eigenvalue weighted by Crippen LogP contribution is -2.32. The van der Waals surface area contributed by atoms with E-state index in [0.29, 0.717) is 17.0 Å². The zero-order valence-corrected chi connectivity index (χ0v) is 16.4. The number of pyridine rings is 1. The van der Waals surface area contributed by atoms with Gasteiger partial charge in [-0.05, 0) is 56.7 Å². The summed E-state index contributed by atoms with van der Waals surface area (Å²) in [6.45, 7) is 5.50. The molecule has 1 heterocycles. The van der Waals surface area contributed by atoms with Crippen LogP contribution >= 0.6 is 11.6 Å². The van der Waals surface area contributed by atoms with Gasteiger partial charge in [0.15, 0.2) is 5.84 Å². The number of ether oxygens (including phenoxy) is 2. The quantitative estimate of drug-likeness (QED) is 0.195. The molecule has 1 aromatic heterocycles. The molecule has 0 amide bonds. The molecule has 3 N–H and O–H groups in total. The molecule has 0 atom stereocenters. The van der Waals surface area contributed by atoms with Crippen LogP contribution in [0.5, 0.6) is 5.75 Å². The number of esters is 1. The maximum absolute atomic E-state index is 11.7. The molecule has 0 aliphatic heterocycles. The van der Waals surface area contributed by atoms with Crippen LogP contribution in [0, 0.1) is 12.3 Å². The first kappa shape index (κ1) is 20.5. The van der Waals surface area contributed by atoms with E-state index in [1.807, 2.05) is 12.1 Å². The number of oxime groups is 1. The van der Waals surface area contributed by atoms with Crippen LogP contribution in [0.15, 0.2) is 35.5 Å². The van der Waals surface area contributed by atoms with Gasteiger partial charge in [0.2, 0.25) is 0 Å². The minimum absolute atomic E-state index is 0.0893. The lowest BCUT2D eigenvalue weighted by atomic mass is 9.95. The van der Waals surface area contributed by atoms with E-state index in [1.165, 1.54) is 7.11 Å². The van der Waals surface area contributed by atoms with Crippen molar-refractivity contribution in [2.75, 3.05) is 13.7 Å². The second-order valence-corrected chi connectivity index (χ2v) is 7.02. The van der Waals surface area contributed by atoms with E-state index in [-0.39, 0.29) is 23.6 Å². The molecule has 144 valence electrons. The number of aromatic nitrogens is 1. The van der Waals surface area contributed by atoms with Gasteiger partial charge in [-0.15, -0.1) is 0 Å². The topological polar surface area (TPSA) is 107 Å². The number of halogens is 1. The fourth-order valence-electron chi connectivity index (χ4n) is 2.46. The number of rotatable bonds is 6. The van der Waals surface area contributed by atoms with E-state index in [9.17, 15) is 4.79 Å². The number of hydrogen-bond donors (Lipinski definition) is 2. The Morgan fingerprint density at radius 3 is 2.48 bits per heavy atom. The van der Waals surface area contributed by atoms with E-state index in [2.05, 4.69) is 10.1 Å². The van der Waals surface area contributed by atoms with Crippen molar-refractivity contribution < 1.29 is 19.5 Å². The van der Waals surface area contributed by atoms with Gasteiger partial charge in [-0.3, -0.25) is 4.79 Å². The van der Waals surface area contributed by atoms with Crippen molar-refractivity contribution >= 4 is 23.4 Å². The van der Waals surface area contributed by atoms with E-state index in [1.54, 1.807) is 39.0 Å². The maximum Gasteiger partial charge on any atom is 0.314 e. The average molecular weight is 392 g/mol. The van der Waals surface area contributed by atoms with Crippen molar-refractivity contribution in [1.82, 2.24) is 4.98 Å². The summed E-state index contributed by atoms with van der Waals surface area (Å²) in [4.78, 5) is 16.0. The van der Waals surface area contributed by atoms with Crippen molar-refractivity contribution in [3.05, 3.63) is 46.6 Å². The van der Waals surface area contributed by atoms with Gasteiger partial charge >= 0.3 is 5.97 Å². The summed E-state index contributed by atoms with van der Waals surface area (Å²) in [5, 5.41) is 12.0. The molecule has 0 spiro atoms. The van der Waals surface area contributed by atoms with Gasteiger partial charge in [0, 0.05) is 5.56 Å². The van der Waals surface area contributed by atoms with Crippen LogP contribution < -0.4 is 10.5 Å². The van der Waals surface area contributed by atoms with Crippen molar-refractivity contribution in [3.63, 3.8) is 0 Å². The third-order valence-electron chi connectivity index (χ3n) is 4.02. The first-order valence-electron chi connectivity index (χ1n) is 8.16. The molecule has 2 aromatic rings. The summed E-state index contributed by atoms with van der Waals surface area (Å²) in [5.74, 6) is 0.194. The number of benzene rings is 1. The molecule has 0 fully saturated rings. The predicted octanol–water partition coefficient (Wildman–Crippen LogP) is 3.38. The number of carbonyl (C=O) groups excluding carboxylic acids is 1. The average Bonchev–Trinajstić information content (AvgIpc) is 2.65. The Kier molecular flexibility index (Phi) is 6.28. The molecule has 8 heteroatoms. The molecule has 7 nitrogen and oxygen atoms in total. The molecule has 0 aliphatic rings. The van der Waals surface area contributed by atoms with E-state index in [0.717, 1.165) is 11.1 Å². The number of carbonyl (C=O) groups is 1. The highest BCUT2D eigenvalue weighted by Gasteiger charge is 2.29. The number of hydrogen-bond acceptors (Lipinski definition) is 6. The van der Waals surface area contributed by atoms with Crippen molar-refractivity contribution in [2.45, 2.75) is 20.8 Å². The summed E-state index contributed by atoms with van der Waals surface area (Å²) in [7, 11) is 1.35. The summed E-state index contributed by atoms with van der Waals surface area (Å²) in [6, 6.07) is 9.04. The Bertz CT molecular complexity index is 841. The molecule has 1 aromatic carbocycles. The summed E-state index contributed by atoms with van der Waals surface area (Å²) < 4.78 is 10.5. The first-order valence-corrected chi connectivity index (χ1v) is 8.54. The van der Waals surface area contributed by atoms with E-state index < -0.39 is 5.41 Å². The highest BCUT2D eigenvalue weighted by molar-refractivity contribution is 6.33. The Morgan fingerprint density at radius 2 is 1.96 bits per heavy atom. The van der Waals surface area contributed by atoms with Gasteiger partial charge < -0.3 is 20.4 Å². The molecular weight excluding hydrogens is 370 g/mol. The van der Waals surface area contributed by atoms with Crippen LogP contribution in [0.1, 0.15) is 25.0 Å². The molecule has 0 bridgehead atoms. The molecule has 0 saturated carbocycles. The summed E-state index contributed by atoms with van der Waals surface area (Å²) in [5.41, 5.74) is 7.49. The second kappa shape index (κ2) is 8.26. The first-order chi connectivity index (χ1) is 12.7. The molecule has 0 unspecified atom stereocenters. The van der Waals surface area contributed by atoms with E-state index in [4.69, 9.17) is 32.0 Å². The van der Waals surface area contributed by atoms with Crippen LogP contribution in [0.2, 0.25) is 5.15 Å². The predicted molar refractivity (Wildman–Crippen MR) is 103 cm³/mol.